The zero-order valence-electron chi connectivity index (χ0n) is 17.5. The summed E-state index contributed by atoms with van der Waals surface area (Å²) in [5, 5.41) is 0.406. The van der Waals surface area contributed by atoms with Gasteiger partial charge in [0.1, 0.15) is 11.0 Å². The van der Waals surface area contributed by atoms with Gasteiger partial charge >= 0.3 is 0 Å². The van der Waals surface area contributed by atoms with Crippen molar-refractivity contribution in [1.82, 2.24) is 19.9 Å². The van der Waals surface area contributed by atoms with Crippen LogP contribution in [0, 0.1) is 0 Å². The lowest BCUT2D eigenvalue weighted by Crippen LogP contribution is -2.23. The number of unbranched alkanes of at least 4 members (excludes halogenated alkanes) is 6. The molecule has 2 heterocycles. The molecule has 0 atom stereocenters. The molecule has 0 spiro atoms. The summed E-state index contributed by atoms with van der Waals surface area (Å²) >= 11 is 12.5. The van der Waals surface area contributed by atoms with Gasteiger partial charge in [-0.1, -0.05) is 52.4 Å². The van der Waals surface area contributed by atoms with Crippen molar-refractivity contribution in [3.8, 4) is 0 Å². The van der Waals surface area contributed by atoms with Gasteiger partial charge in [-0.25, -0.2) is 9.97 Å². The smallest absolute Gasteiger partial charge is 0.225 e. The van der Waals surface area contributed by atoms with Crippen molar-refractivity contribution in [3.63, 3.8) is 0 Å². The molecule has 2 aromatic rings. The van der Waals surface area contributed by atoms with Gasteiger partial charge in [-0.05, 0) is 36.0 Å². The Balaban J connectivity index is 2.31. The molecule has 0 saturated heterocycles. The minimum atomic E-state index is 0.203. The maximum absolute atomic E-state index is 6.26. The number of halogens is 2. The maximum atomic E-state index is 6.26. The van der Waals surface area contributed by atoms with E-state index in [2.05, 4.69) is 43.6 Å². The Morgan fingerprint density at radius 1 is 0.607 bits per heavy atom. The molecular weight excluding hydrogens is 395 g/mol. The van der Waals surface area contributed by atoms with Crippen LogP contribution in [0.4, 0.5) is 11.6 Å². The predicted molar refractivity (Wildman–Crippen MR) is 120 cm³/mol. The molecule has 28 heavy (non-hydrogen) atoms. The quantitative estimate of drug-likeness (QED) is 0.317. The van der Waals surface area contributed by atoms with Crippen molar-refractivity contribution in [2.45, 2.75) is 65.2 Å². The van der Waals surface area contributed by atoms with E-state index < -0.39 is 0 Å². The minimum absolute atomic E-state index is 0.203. The van der Waals surface area contributed by atoms with Gasteiger partial charge in [-0.3, -0.25) is 0 Å². The molecule has 0 aliphatic heterocycles. The normalized spacial score (nSPS) is 11.2. The third-order valence-corrected chi connectivity index (χ3v) is 5.21. The SMILES string of the molecule is CCCCCCN(C)c1nc(Cl)nc2c(N(C)CCCCCC)nc(Cl)nc12. The molecule has 0 amide bonds. The zero-order valence-corrected chi connectivity index (χ0v) is 19.0. The van der Waals surface area contributed by atoms with Crippen LogP contribution in [0.15, 0.2) is 0 Å². The largest absolute Gasteiger partial charge is 0.358 e. The number of rotatable bonds is 12. The molecule has 0 bridgehead atoms. The van der Waals surface area contributed by atoms with Gasteiger partial charge < -0.3 is 9.80 Å². The number of nitrogens with zero attached hydrogens (tertiary/aromatic N) is 6. The van der Waals surface area contributed by atoms with Crippen molar-refractivity contribution in [2.75, 3.05) is 37.0 Å². The Labute approximate surface area is 178 Å². The van der Waals surface area contributed by atoms with Gasteiger partial charge in [-0.2, -0.15) is 9.97 Å². The molecule has 0 aromatic carbocycles. The molecule has 6 nitrogen and oxygen atoms in total. The number of aromatic nitrogens is 4. The van der Waals surface area contributed by atoms with Crippen molar-refractivity contribution in [1.29, 1.82) is 0 Å². The average Bonchev–Trinajstić information content (AvgIpc) is 2.67. The Morgan fingerprint density at radius 2 is 1.00 bits per heavy atom. The van der Waals surface area contributed by atoms with Gasteiger partial charge in [0.25, 0.3) is 0 Å². The highest BCUT2D eigenvalue weighted by molar-refractivity contribution is 6.30. The Bertz CT molecular complexity index is 692. The lowest BCUT2D eigenvalue weighted by Gasteiger charge is -2.22. The van der Waals surface area contributed by atoms with Crippen molar-refractivity contribution in [2.24, 2.45) is 0 Å². The van der Waals surface area contributed by atoms with Crippen LogP contribution >= 0.6 is 23.2 Å². The third-order valence-electron chi connectivity index (χ3n) is 4.87. The molecule has 2 aromatic heterocycles. The average molecular weight is 427 g/mol. The van der Waals surface area contributed by atoms with E-state index in [0.717, 1.165) is 25.9 Å². The molecule has 8 heteroatoms. The molecule has 0 aliphatic carbocycles. The van der Waals surface area contributed by atoms with Crippen LogP contribution in [0.3, 0.4) is 0 Å². The van der Waals surface area contributed by atoms with E-state index in [0.29, 0.717) is 22.7 Å². The van der Waals surface area contributed by atoms with E-state index in [-0.39, 0.29) is 10.6 Å². The highest BCUT2D eigenvalue weighted by Gasteiger charge is 2.19. The Kier molecular flexibility index (Phi) is 9.45. The summed E-state index contributed by atoms with van der Waals surface area (Å²) in [5.41, 5.74) is 1.30. The summed E-state index contributed by atoms with van der Waals surface area (Å²) in [6.07, 6.45) is 9.47. The van der Waals surface area contributed by atoms with Crippen molar-refractivity contribution < 1.29 is 0 Å². The molecule has 2 rings (SSSR count). The summed E-state index contributed by atoms with van der Waals surface area (Å²) in [4.78, 5) is 21.9. The second-order valence-electron chi connectivity index (χ2n) is 7.29. The number of anilines is 2. The monoisotopic (exact) mass is 426 g/mol. The Hall–Kier alpha value is -1.40. The first-order chi connectivity index (χ1) is 13.5. The fourth-order valence-corrected chi connectivity index (χ4v) is 3.56. The first kappa shape index (κ1) is 22.9. The zero-order chi connectivity index (χ0) is 20.5. The van der Waals surface area contributed by atoms with Crippen LogP contribution < -0.4 is 9.80 Å². The topological polar surface area (TPSA) is 58.0 Å². The van der Waals surface area contributed by atoms with E-state index in [1.54, 1.807) is 0 Å². The fraction of sp³-hybridized carbons (Fsp3) is 0.700. The molecule has 156 valence electrons. The standard InChI is InChI=1S/C20H32Cl2N6/c1-5-7-9-11-13-27(3)17-15-16(24-19(21)25-17)18(26-20(22)23-15)28(4)14-12-10-8-6-2/h5-14H2,1-4H3. The maximum Gasteiger partial charge on any atom is 0.225 e. The van der Waals surface area contributed by atoms with E-state index in [9.17, 15) is 0 Å². The lowest BCUT2D eigenvalue weighted by molar-refractivity contribution is 0.658. The first-order valence-corrected chi connectivity index (χ1v) is 11.1. The highest BCUT2D eigenvalue weighted by atomic mass is 35.5. The van der Waals surface area contributed by atoms with Crippen LogP contribution in [0.5, 0.6) is 0 Å². The molecule has 0 saturated carbocycles. The van der Waals surface area contributed by atoms with Crippen LogP contribution in [-0.4, -0.2) is 47.1 Å². The van der Waals surface area contributed by atoms with Crippen molar-refractivity contribution in [3.05, 3.63) is 10.6 Å². The summed E-state index contributed by atoms with van der Waals surface area (Å²) in [5.74, 6) is 1.41. The van der Waals surface area contributed by atoms with Crippen LogP contribution in [0.2, 0.25) is 10.6 Å². The summed E-state index contributed by atoms with van der Waals surface area (Å²) in [6.45, 7) is 6.18. The van der Waals surface area contributed by atoms with Crippen LogP contribution in [0.25, 0.3) is 11.0 Å². The van der Waals surface area contributed by atoms with E-state index in [1.165, 1.54) is 38.5 Å². The molecule has 0 fully saturated rings. The van der Waals surface area contributed by atoms with E-state index in [1.807, 2.05) is 14.1 Å². The van der Waals surface area contributed by atoms with Gasteiger partial charge in [0.05, 0.1) is 0 Å². The fourth-order valence-electron chi connectivity index (χ4n) is 3.23. The van der Waals surface area contributed by atoms with Crippen LogP contribution in [-0.2, 0) is 0 Å². The number of fused-ring (bicyclic) bond motifs is 1. The molecule has 0 aliphatic rings. The second-order valence-corrected chi connectivity index (χ2v) is 7.97. The molecule has 0 unspecified atom stereocenters. The van der Waals surface area contributed by atoms with Crippen molar-refractivity contribution >= 4 is 45.9 Å². The predicted octanol–water partition coefficient (Wildman–Crippen LogP) is 5.76. The van der Waals surface area contributed by atoms with Gasteiger partial charge in [0, 0.05) is 27.2 Å². The highest BCUT2D eigenvalue weighted by Crippen LogP contribution is 2.30. The van der Waals surface area contributed by atoms with E-state index >= 15 is 0 Å². The van der Waals surface area contributed by atoms with Gasteiger partial charge in [0.15, 0.2) is 11.6 Å². The molecular formula is C20H32Cl2N6. The Morgan fingerprint density at radius 3 is 1.36 bits per heavy atom. The summed E-state index contributed by atoms with van der Waals surface area (Å²) in [7, 11) is 4.02. The van der Waals surface area contributed by atoms with E-state index in [4.69, 9.17) is 23.2 Å². The van der Waals surface area contributed by atoms with Gasteiger partial charge in [0.2, 0.25) is 10.6 Å². The summed E-state index contributed by atoms with van der Waals surface area (Å²) in [6, 6.07) is 0. The lowest BCUT2D eigenvalue weighted by atomic mass is 10.2. The molecule has 0 radical (unpaired) electrons. The first-order valence-electron chi connectivity index (χ1n) is 10.3. The molecule has 0 N–H and O–H groups in total. The van der Waals surface area contributed by atoms with Crippen LogP contribution in [0.1, 0.15) is 65.2 Å². The van der Waals surface area contributed by atoms with Gasteiger partial charge in [-0.15, -0.1) is 0 Å². The number of hydrogen-bond acceptors (Lipinski definition) is 6. The third kappa shape index (κ3) is 6.31. The minimum Gasteiger partial charge on any atom is -0.358 e. The summed E-state index contributed by atoms with van der Waals surface area (Å²) < 4.78 is 0. The second kappa shape index (κ2) is 11.6. The number of hydrogen-bond donors (Lipinski definition) is 0.